The summed E-state index contributed by atoms with van der Waals surface area (Å²) in [7, 11) is -1.93. The number of sulfonamides is 1. The zero-order valence-corrected chi connectivity index (χ0v) is 13.4. The fourth-order valence-electron chi connectivity index (χ4n) is 1.96. The Morgan fingerprint density at radius 3 is 2.50 bits per heavy atom. The topological polar surface area (TPSA) is 63.4 Å². The summed E-state index contributed by atoms with van der Waals surface area (Å²) in [6.45, 7) is 4.19. The van der Waals surface area contributed by atoms with E-state index in [0.29, 0.717) is 12.2 Å². The molecule has 20 heavy (non-hydrogen) atoms. The number of nitrogens with two attached hydrogens (primary N) is 1. The van der Waals surface area contributed by atoms with Crippen LogP contribution in [0.1, 0.15) is 16.0 Å². The summed E-state index contributed by atoms with van der Waals surface area (Å²) < 4.78 is 26.5. The van der Waals surface area contributed by atoms with Gasteiger partial charge in [0.1, 0.15) is 0 Å². The number of benzene rings is 1. The van der Waals surface area contributed by atoms with Crippen molar-refractivity contribution in [2.24, 2.45) is 0 Å². The molecule has 2 aromatic rings. The minimum absolute atomic E-state index is 0.242. The first kappa shape index (κ1) is 15.0. The Hall–Kier alpha value is -1.37. The lowest BCUT2D eigenvalue weighted by Gasteiger charge is -2.17. The van der Waals surface area contributed by atoms with E-state index in [0.717, 1.165) is 16.0 Å². The molecular formula is C14H18N2O2S2. The molecule has 1 heterocycles. The van der Waals surface area contributed by atoms with Gasteiger partial charge in [-0.25, -0.2) is 8.42 Å². The number of thiophene rings is 1. The highest BCUT2D eigenvalue weighted by Crippen LogP contribution is 2.23. The van der Waals surface area contributed by atoms with E-state index in [9.17, 15) is 8.42 Å². The Morgan fingerprint density at radius 2 is 1.95 bits per heavy atom. The average molecular weight is 310 g/mol. The molecule has 4 nitrogen and oxygen atoms in total. The van der Waals surface area contributed by atoms with Gasteiger partial charge in [-0.1, -0.05) is 0 Å². The van der Waals surface area contributed by atoms with Crippen LogP contribution >= 0.6 is 11.3 Å². The fraction of sp³-hybridized carbons (Fsp3) is 0.286. The first-order chi connectivity index (χ1) is 9.30. The molecule has 2 N–H and O–H groups in total. The van der Waals surface area contributed by atoms with Crippen LogP contribution in [0.3, 0.4) is 0 Å². The predicted molar refractivity (Wildman–Crippen MR) is 83.3 cm³/mol. The normalized spacial score (nSPS) is 12.0. The van der Waals surface area contributed by atoms with Gasteiger partial charge < -0.3 is 5.73 Å². The van der Waals surface area contributed by atoms with Crippen molar-refractivity contribution in [1.82, 2.24) is 4.31 Å². The predicted octanol–water partition coefficient (Wildman–Crippen LogP) is 2.77. The van der Waals surface area contributed by atoms with E-state index >= 15 is 0 Å². The van der Waals surface area contributed by atoms with E-state index < -0.39 is 10.0 Å². The smallest absolute Gasteiger partial charge is 0.243 e. The number of aryl methyl sites for hydroxylation is 2. The van der Waals surface area contributed by atoms with Crippen molar-refractivity contribution in [2.45, 2.75) is 25.3 Å². The van der Waals surface area contributed by atoms with E-state index in [4.69, 9.17) is 5.73 Å². The van der Waals surface area contributed by atoms with Gasteiger partial charge in [-0.2, -0.15) is 4.31 Å². The summed E-state index contributed by atoms with van der Waals surface area (Å²) in [4.78, 5) is 1.29. The number of hydrogen-bond donors (Lipinski definition) is 1. The zero-order valence-electron chi connectivity index (χ0n) is 11.8. The number of nitrogens with zero attached hydrogens (tertiary/aromatic N) is 1. The lowest BCUT2D eigenvalue weighted by atomic mass is 10.2. The molecule has 0 aliphatic heterocycles. The van der Waals surface area contributed by atoms with Crippen LogP contribution in [0.15, 0.2) is 34.5 Å². The van der Waals surface area contributed by atoms with Crippen molar-refractivity contribution in [3.8, 4) is 0 Å². The van der Waals surface area contributed by atoms with Crippen LogP contribution in [0.5, 0.6) is 0 Å². The molecule has 0 saturated heterocycles. The van der Waals surface area contributed by atoms with Crippen molar-refractivity contribution in [3.63, 3.8) is 0 Å². The molecule has 0 bridgehead atoms. The van der Waals surface area contributed by atoms with Gasteiger partial charge in [-0.15, -0.1) is 11.3 Å². The highest BCUT2D eigenvalue weighted by molar-refractivity contribution is 7.89. The molecule has 2 rings (SSSR count). The highest BCUT2D eigenvalue weighted by atomic mass is 32.2. The molecule has 0 atom stereocenters. The summed E-state index contributed by atoms with van der Waals surface area (Å²) in [6.07, 6.45) is 0. The molecule has 6 heteroatoms. The van der Waals surface area contributed by atoms with Crippen molar-refractivity contribution in [3.05, 3.63) is 45.6 Å². The minimum atomic E-state index is -3.52. The summed E-state index contributed by atoms with van der Waals surface area (Å²) in [5.41, 5.74) is 8.15. The van der Waals surface area contributed by atoms with Crippen molar-refractivity contribution < 1.29 is 8.42 Å². The maximum Gasteiger partial charge on any atom is 0.243 e. The molecule has 0 aliphatic rings. The standard InChI is InChI=1S/C14H18N2O2S2/c1-10-6-12(15)8-13(7-10)20(17,18)16(3)9-14-11(2)4-5-19-14/h4-8H,9,15H2,1-3H3. The lowest BCUT2D eigenvalue weighted by Crippen LogP contribution is -2.26. The first-order valence-corrected chi connectivity index (χ1v) is 8.49. The Labute approximate surface area is 123 Å². The summed E-state index contributed by atoms with van der Waals surface area (Å²) in [5, 5.41) is 1.97. The molecule has 0 amide bonds. The minimum Gasteiger partial charge on any atom is -0.399 e. The van der Waals surface area contributed by atoms with Gasteiger partial charge in [0, 0.05) is 24.2 Å². The fourth-order valence-corrected chi connectivity index (χ4v) is 4.28. The summed E-state index contributed by atoms with van der Waals surface area (Å²) in [5.74, 6) is 0. The SMILES string of the molecule is Cc1cc(N)cc(S(=O)(=O)N(C)Cc2sccc2C)c1. The molecule has 0 unspecified atom stereocenters. The van der Waals surface area contributed by atoms with Crippen molar-refractivity contribution >= 4 is 27.0 Å². The maximum absolute atomic E-state index is 12.5. The molecule has 0 fully saturated rings. The second-order valence-corrected chi connectivity index (χ2v) is 7.91. The molecule has 0 radical (unpaired) electrons. The van der Waals surface area contributed by atoms with Gasteiger partial charge in [0.05, 0.1) is 4.90 Å². The largest absolute Gasteiger partial charge is 0.399 e. The Bertz CT molecular complexity index is 700. The third-order valence-electron chi connectivity index (χ3n) is 3.12. The number of rotatable bonds is 4. The molecule has 0 spiro atoms. The van der Waals surface area contributed by atoms with Gasteiger partial charge >= 0.3 is 0 Å². The van der Waals surface area contributed by atoms with Crippen LogP contribution in [0.2, 0.25) is 0 Å². The van der Waals surface area contributed by atoms with Gasteiger partial charge in [-0.05, 0) is 54.6 Å². The lowest BCUT2D eigenvalue weighted by molar-refractivity contribution is 0.469. The van der Waals surface area contributed by atoms with Gasteiger partial charge in [0.2, 0.25) is 10.0 Å². The molecular weight excluding hydrogens is 292 g/mol. The zero-order chi connectivity index (χ0) is 14.9. The molecule has 108 valence electrons. The highest BCUT2D eigenvalue weighted by Gasteiger charge is 2.22. The van der Waals surface area contributed by atoms with E-state index in [1.807, 2.05) is 25.3 Å². The molecule has 1 aromatic carbocycles. The van der Waals surface area contributed by atoms with E-state index in [-0.39, 0.29) is 4.90 Å². The monoisotopic (exact) mass is 310 g/mol. The van der Waals surface area contributed by atoms with Gasteiger partial charge in [-0.3, -0.25) is 0 Å². The van der Waals surface area contributed by atoms with Crippen LogP contribution in [-0.2, 0) is 16.6 Å². The van der Waals surface area contributed by atoms with Crippen LogP contribution < -0.4 is 5.73 Å². The van der Waals surface area contributed by atoms with Crippen LogP contribution in [0.4, 0.5) is 5.69 Å². The molecule has 0 saturated carbocycles. The third kappa shape index (κ3) is 3.03. The first-order valence-electron chi connectivity index (χ1n) is 6.17. The number of nitrogen functional groups attached to an aromatic ring is 1. The Kier molecular flexibility index (Phi) is 4.17. The molecule has 1 aromatic heterocycles. The summed E-state index contributed by atoms with van der Waals surface area (Å²) >= 11 is 1.56. The maximum atomic E-state index is 12.5. The van der Waals surface area contributed by atoms with Crippen LogP contribution in [-0.4, -0.2) is 19.8 Å². The Balaban J connectivity index is 2.32. The van der Waals surface area contributed by atoms with E-state index in [1.54, 1.807) is 30.5 Å². The van der Waals surface area contributed by atoms with Crippen molar-refractivity contribution in [1.29, 1.82) is 0 Å². The van der Waals surface area contributed by atoms with Crippen LogP contribution in [0, 0.1) is 13.8 Å². The number of anilines is 1. The van der Waals surface area contributed by atoms with Gasteiger partial charge in [0.15, 0.2) is 0 Å². The second kappa shape index (κ2) is 5.55. The molecule has 0 aliphatic carbocycles. The quantitative estimate of drug-likeness (QED) is 0.883. The number of hydrogen-bond acceptors (Lipinski definition) is 4. The van der Waals surface area contributed by atoms with Crippen molar-refractivity contribution in [2.75, 3.05) is 12.8 Å². The Morgan fingerprint density at radius 1 is 1.25 bits per heavy atom. The van der Waals surface area contributed by atoms with E-state index in [2.05, 4.69) is 0 Å². The average Bonchev–Trinajstić information content (AvgIpc) is 2.73. The van der Waals surface area contributed by atoms with Gasteiger partial charge in [0.25, 0.3) is 0 Å². The second-order valence-electron chi connectivity index (χ2n) is 4.87. The van der Waals surface area contributed by atoms with E-state index in [1.165, 1.54) is 10.4 Å². The summed E-state index contributed by atoms with van der Waals surface area (Å²) in [6, 6.07) is 6.89. The third-order valence-corrected chi connectivity index (χ3v) is 5.90. The van der Waals surface area contributed by atoms with Crippen LogP contribution in [0.25, 0.3) is 0 Å².